The number of rotatable bonds is 5. The standard InChI is InChI=1S/C17H14ClN3O2S/c18-13-5-1-2-6-14(13)20-16(22)11-24-10-12-9-17(23)21-8-4-3-7-15(21)19-12/h1-9H,10-11H2,(H,20,22). The average molecular weight is 360 g/mol. The van der Waals surface area contributed by atoms with Crippen molar-refractivity contribution in [2.24, 2.45) is 0 Å². The fraction of sp³-hybridized carbons (Fsp3) is 0.118. The topological polar surface area (TPSA) is 63.5 Å². The van der Waals surface area contributed by atoms with E-state index in [0.29, 0.717) is 27.8 Å². The average Bonchev–Trinajstić information content (AvgIpc) is 2.57. The summed E-state index contributed by atoms with van der Waals surface area (Å²) in [6.07, 6.45) is 1.68. The van der Waals surface area contributed by atoms with Gasteiger partial charge in [-0.2, -0.15) is 0 Å². The first-order chi connectivity index (χ1) is 11.6. The highest BCUT2D eigenvalue weighted by Gasteiger charge is 2.07. The van der Waals surface area contributed by atoms with Crippen LogP contribution in [0, 0.1) is 0 Å². The highest BCUT2D eigenvalue weighted by Crippen LogP contribution is 2.20. The summed E-state index contributed by atoms with van der Waals surface area (Å²) in [7, 11) is 0. The minimum atomic E-state index is -0.148. The van der Waals surface area contributed by atoms with Crippen LogP contribution in [0.25, 0.3) is 5.65 Å². The van der Waals surface area contributed by atoms with Crippen molar-refractivity contribution in [2.45, 2.75) is 5.75 Å². The van der Waals surface area contributed by atoms with Crippen molar-refractivity contribution in [2.75, 3.05) is 11.1 Å². The molecule has 0 fully saturated rings. The number of fused-ring (bicyclic) bond motifs is 1. The Morgan fingerprint density at radius 1 is 1.21 bits per heavy atom. The Kier molecular flexibility index (Phi) is 5.17. The molecular weight excluding hydrogens is 346 g/mol. The molecule has 5 nitrogen and oxygen atoms in total. The summed E-state index contributed by atoms with van der Waals surface area (Å²) in [6, 6.07) is 14.0. The van der Waals surface area contributed by atoms with Crippen LogP contribution >= 0.6 is 23.4 Å². The molecule has 0 bridgehead atoms. The number of halogens is 1. The highest BCUT2D eigenvalue weighted by atomic mass is 35.5. The fourth-order valence-corrected chi connectivity index (χ4v) is 3.07. The van der Waals surface area contributed by atoms with Crippen molar-refractivity contribution in [3.63, 3.8) is 0 Å². The molecule has 0 atom stereocenters. The van der Waals surface area contributed by atoms with E-state index in [1.807, 2.05) is 6.07 Å². The summed E-state index contributed by atoms with van der Waals surface area (Å²) in [5, 5.41) is 3.26. The molecule has 24 heavy (non-hydrogen) atoms. The normalized spacial score (nSPS) is 10.7. The van der Waals surface area contributed by atoms with Gasteiger partial charge in [-0.25, -0.2) is 4.98 Å². The van der Waals surface area contributed by atoms with Crippen LogP contribution in [0.2, 0.25) is 5.02 Å². The third-order valence-electron chi connectivity index (χ3n) is 3.26. The monoisotopic (exact) mass is 359 g/mol. The summed E-state index contributed by atoms with van der Waals surface area (Å²) >= 11 is 7.39. The molecule has 2 aromatic heterocycles. The van der Waals surface area contributed by atoms with Gasteiger partial charge in [0.15, 0.2) is 0 Å². The number of benzene rings is 1. The molecule has 7 heteroatoms. The molecule has 1 aromatic carbocycles. The second kappa shape index (κ2) is 7.51. The van der Waals surface area contributed by atoms with Gasteiger partial charge in [-0.05, 0) is 24.3 Å². The predicted molar refractivity (Wildman–Crippen MR) is 97.7 cm³/mol. The van der Waals surface area contributed by atoms with E-state index in [0.717, 1.165) is 0 Å². The molecule has 2 heterocycles. The number of pyridine rings is 1. The van der Waals surface area contributed by atoms with Gasteiger partial charge in [-0.1, -0.05) is 29.8 Å². The number of anilines is 1. The van der Waals surface area contributed by atoms with Gasteiger partial charge in [0.1, 0.15) is 5.65 Å². The zero-order valence-electron chi connectivity index (χ0n) is 12.6. The van der Waals surface area contributed by atoms with Gasteiger partial charge < -0.3 is 5.32 Å². The van der Waals surface area contributed by atoms with Gasteiger partial charge in [0, 0.05) is 18.0 Å². The lowest BCUT2D eigenvalue weighted by molar-refractivity contribution is -0.113. The molecule has 0 radical (unpaired) electrons. The fourth-order valence-electron chi connectivity index (χ4n) is 2.17. The maximum Gasteiger partial charge on any atom is 0.258 e. The molecule has 122 valence electrons. The second-order valence-electron chi connectivity index (χ2n) is 5.04. The van der Waals surface area contributed by atoms with E-state index in [9.17, 15) is 9.59 Å². The number of hydrogen-bond acceptors (Lipinski definition) is 4. The summed E-state index contributed by atoms with van der Waals surface area (Å²) < 4.78 is 1.48. The van der Waals surface area contributed by atoms with Crippen LogP contribution in [-0.4, -0.2) is 21.0 Å². The molecule has 3 aromatic rings. The first kappa shape index (κ1) is 16.5. The lowest BCUT2D eigenvalue weighted by Crippen LogP contribution is -2.16. The molecule has 0 unspecified atom stereocenters. The Labute approximate surface area is 147 Å². The van der Waals surface area contributed by atoms with Crippen molar-refractivity contribution in [3.8, 4) is 0 Å². The first-order valence-electron chi connectivity index (χ1n) is 7.23. The minimum absolute atomic E-state index is 0.128. The number of nitrogens with zero attached hydrogens (tertiary/aromatic N) is 2. The van der Waals surface area contributed by atoms with E-state index in [1.54, 1.807) is 42.6 Å². The zero-order valence-corrected chi connectivity index (χ0v) is 14.2. The van der Waals surface area contributed by atoms with Crippen molar-refractivity contribution in [1.82, 2.24) is 9.38 Å². The number of para-hydroxylation sites is 1. The van der Waals surface area contributed by atoms with Gasteiger partial charge in [-0.3, -0.25) is 14.0 Å². The molecule has 0 spiro atoms. The molecule has 0 aliphatic heterocycles. The smallest absolute Gasteiger partial charge is 0.258 e. The third kappa shape index (κ3) is 3.96. The van der Waals surface area contributed by atoms with Gasteiger partial charge in [-0.15, -0.1) is 11.8 Å². The largest absolute Gasteiger partial charge is 0.324 e. The predicted octanol–water partition coefficient (Wildman–Crippen LogP) is 3.22. The third-order valence-corrected chi connectivity index (χ3v) is 4.55. The molecule has 1 N–H and O–H groups in total. The van der Waals surface area contributed by atoms with Crippen LogP contribution in [0.3, 0.4) is 0 Å². The molecule has 0 aliphatic carbocycles. The Morgan fingerprint density at radius 2 is 2.00 bits per heavy atom. The van der Waals surface area contributed by atoms with Crippen LogP contribution in [0.15, 0.2) is 59.5 Å². The Morgan fingerprint density at radius 3 is 2.83 bits per heavy atom. The van der Waals surface area contributed by atoms with Crippen LogP contribution < -0.4 is 10.9 Å². The maximum absolute atomic E-state index is 12.0. The summed E-state index contributed by atoms with van der Waals surface area (Å²) in [4.78, 5) is 28.4. The van der Waals surface area contributed by atoms with Gasteiger partial charge >= 0.3 is 0 Å². The Hall–Kier alpha value is -2.31. The molecule has 3 rings (SSSR count). The van der Waals surface area contributed by atoms with Crippen LogP contribution in [-0.2, 0) is 10.5 Å². The lowest BCUT2D eigenvalue weighted by Gasteiger charge is -2.07. The number of hydrogen-bond donors (Lipinski definition) is 1. The van der Waals surface area contributed by atoms with Crippen molar-refractivity contribution in [3.05, 3.63) is 75.8 Å². The van der Waals surface area contributed by atoms with Crippen molar-refractivity contribution in [1.29, 1.82) is 0 Å². The molecule has 0 saturated heterocycles. The second-order valence-corrected chi connectivity index (χ2v) is 6.43. The first-order valence-corrected chi connectivity index (χ1v) is 8.76. The highest BCUT2D eigenvalue weighted by molar-refractivity contribution is 7.99. The zero-order chi connectivity index (χ0) is 16.9. The van der Waals surface area contributed by atoms with E-state index in [1.165, 1.54) is 22.2 Å². The maximum atomic E-state index is 12.0. The number of carbonyl (C=O) groups is 1. The van der Waals surface area contributed by atoms with Crippen molar-refractivity contribution >= 4 is 40.6 Å². The Bertz CT molecular complexity index is 942. The molecule has 0 saturated carbocycles. The number of amides is 1. The van der Waals surface area contributed by atoms with E-state index in [4.69, 9.17) is 11.6 Å². The summed E-state index contributed by atoms with van der Waals surface area (Å²) in [5.41, 5.74) is 1.71. The van der Waals surface area contributed by atoms with Crippen LogP contribution in [0.4, 0.5) is 5.69 Å². The van der Waals surface area contributed by atoms with E-state index >= 15 is 0 Å². The van der Waals surface area contributed by atoms with E-state index < -0.39 is 0 Å². The Balaban J connectivity index is 1.59. The molecule has 0 aliphatic rings. The number of nitrogens with one attached hydrogen (secondary N) is 1. The molecular formula is C17H14ClN3O2S. The summed E-state index contributed by atoms with van der Waals surface area (Å²) in [6.45, 7) is 0. The van der Waals surface area contributed by atoms with Gasteiger partial charge in [0.05, 0.1) is 22.2 Å². The number of thioether (sulfide) groups is 1. The number of aromatic nitrogens is 2. The van der Waals surface area contributed by atoms with Crippen molar-refractivity contribution < 1.29 is 4.79 Å². The van der Waals surface area contributed by atoms with E-state index in [-0.39, 0.29) is 17.2 Å². The van der Waals surface area contributed by atoms with Gasteiger partial charge in [0.2, 0.25) is 5.91 Å². The lowest BCUT2D eigenvalue weighted by atomic mass is 10.3. The number of carbonyl (C=O) groups excluding carboxylic acids is 1. The van der Waals surface area contributed by atoms with Gasteiger partial charge in [0.25, 0.3) is 5.56 Å². The van der Waals surface area contributed by atoms with E-state index in [2.05, 4.69) is 10.3 Å². The SMILES string of the molecule is O=C(CSCc1cc(=O)n2ccccc2n1)Nc1ccccc1Cl. The quantitative estimate of drug-likeness (QED) is 0.759. The minimum Gasteiger partial charge on any atom is -0.324 e. The molecule has 1 amide bonds. The van der Waals surface area contributed by atoms with Crippen LogP contribution in [0.1, 0.15) is 5.69 Å². The van der Waals surface area contributed by atoms with Crippen LogP contribution in [0.5, 0.6) is 0 Å². The summed E-state index contributed by atoms with van der Waals surface area (Å²) in [5.74, 6) is 0.586.